The Kier molecular flexibility index (Phi) is 11.3. The first kappa shape index (κ1) is 25.6. The molecule has 1 fully saturated rings. The number of allylic oxidation sites excluding steroid dienone is 2. The second kappa shape index (κ2) is 13.7. The summed E-state index contributed by atoms with van der Waals surface area (Å²) in [6.07, 6.45) is 8.58. The summed E-state index contributed by atoms with van der Waals surface area (Å²) < 4.78 is 5.12. The van der Waals surface area contributed by atoms with Crippen molar-refractivity contribution in [2.75, 3.05) is 0 Å². The average Bonchev–Trinajstić information content (AvgIpc) is 3.00. The van der Waals surface area contributed by atoms with Crippen LogP contribution >= 0.6 is 0 Å². The van der Waals surface area contributed by atoms with Crippen LogP contribution in [0.25, 0.3) is 0 Å². The highest BCUT2D eigenvalue weighted by Gasteiger charge is 2.40. The number of aliphatic hydroxyl groups is 3. The first-order valence-electron chi connectivity index (χ1n) is 11.8. The Morgan fingerprint density at radius 2 is 1.81 bits per heavy atom. The highest BCUT2D eigenvalue weighted by molar-refractivity contribution is 5.69. The van der Waals surface area contributed by atoms with Crippen molar-refractivity contribution in [1.82, 2.24) is 0 Å². The lowest BCUT2D eigenvalue weighted by Crippen LogP contribution is -2.23. The molecule has 31 heavy (non-hydrogen) atoms. The van der Waals surface area contributed by atoms with Gasteiger partial charge in [0, 0.05) is 6.42 Å². The van der Waals surface area contributed by atoms with Crippen molar-refractivity contribution >= 4 is 5.97 Å². The molecule has 0 bridgehead atoms. The maximum Gasteiger partial charge on any atom is 0.306 e. The maximum absolute atomic E-state index is 11.5. The number of unbranched alkanes of at least 4 members (excludes halogenated alkanes) is 1. The van der Waals surface area contributed by atoms with Crippen LogP contribution in [0.2, 0.25) is 0 Å². The number of aryl methyl sites for hydroxylation is 1. The normalized spacial score (nSPS) is 24.7. The van der Waals surface area contributed by atoms with Crippen LogP contribution in [-0.2, 0) is 16.0 Å². The fourth-order valence-corrected chi connectivity index (χ4v) is 4.47. The van der Waals surface area contributed by atoms with Crippen molar-refractivity contribution in [2.45, 2.75) is 96.1 Å². The minimum absolute atomic E-state index is 0.00652. The number of carbonyl (C=O) groups is 1. The van der Waals surface area contributed by atoms with Crippen LogP contribution in [0.15, 0.2) is 42.5 Å². The number of hydrogen-bond acceptors (Lipinski definition) is 5. The minimum Gasteiger partial charge on any atom is -0.463 e. The van der Waals surface area contributed by atoms with Crippen LogP contribution < -0.4 is 0 Å². The number of hydrogen-bond donors (Lipinski definition) is 3. The van der Waals surface area contributed by atoms with E-state index in [-0.39, 0.29) is 23.9 Å². The number of carbonyl (C=O) groups excluding carboxylic acids is 1. The summed E-state index contributed by atoms with van der Waals surface area (Å²) in [4.78, 5) is 11.5. The van der Waals surface area contributed by atoms with E-state index >= 15 is 0 Å². The van der Waals surface area contributed by atoms with E-state index in [2.05, 4.69) is 18.2 Å². The van der Waals surface area contributed by atoms with Gasteiger partial charge >= 0.3 is 5.97 Å². The van der Waals surface area contributed by atoms with Gasteiger partial charge in [-0.05, 0) is 82.6 Å². The first-order valence-corrected chi connectivity index (χ1v) is 11.8. The average molecular weight is 433 g/mol. The van der Waals surface area contributed by atoms with Crippen LogP contribution in [0.3, 0.4) is 0 Å². The number of rotatable bonds is 13. The zero-order valence-corrected chi connectivity index (χ0v) is 19.0. The van der Waals surface area contributed by atoms with E-state index in [0.717, 1.165) is 19.3 Å². The Morgan fingerprint density at radius 1 is 1.10 bits per heavy atom. The molecule has 174 valence electrons. The molecule has 5 nitrogen and oxygen atoms in total. The van der Waals surface area contributed by atoms with Crippen molar-refractivity contribution in [2.24, 2.45) is 11.8 Å². The largest absolute Gasteiger partial charge is 0.463 e. The molecular formula is C26H40O5. The molecule has 1 aromatic carbocycles. The molecule has 0 heterocycles. The van der Waals surface area contributed by atoms with Gasteiger partial charge in [-0.1, -0.05) is 42.5 Å². The van der Waals surface area contributed by atoms with Crippen molar-refractivity contribution in [3.05, 3.63) is 48.0 Å². The molecule has 0 aliphatic heterocycles. The van der Waals surface area contributed by atoms with Crippen LogP contribution in [0.4, 0.5) is 0 Å². The van der Waals surface area contributed by atoms with Crippen LogP contribution in [-0.4, -0.2) is 45.7 Å². The molecule has 0 aromatic heterocycles. The summed E-state index contributed by atoms with van der Waals surface area (Å²) >= 11 is 0. The lowest BCUT2D eigenvalue weighted by molar-refractivity contribution is -0.147. The Balaban J connectivity index is 1.70. The Bertz CT molecular complexity index is 657. The first-order chi connectivity index (χ1) is 14.9. The quantitative estimate of drug-likeness (QED) is 0.247. The zero-order chi connectivity index (χ0) is 22.6. The molecular weight excluding hydrogens is 392 g/mol. The molecule has 5 atom stereocenters. The number of benzene rings is 1. The van der Waals surface area contributed by atoms with E-state index in [9.17, 15) is 20.1 Å². The maximum atomic E-state index is 11.5. The van der Waals surface area contributed by atoms with Crippen LogP contribution in [0.1, 0.15) is 70.8 Å². The molecule has 5 heteroatoms. The summed E-state index contributed by atoms with van der Waals surface area (Å²) in [7, 11) is 0. The molecule has 0 amide bonds. The van der Waals surface area contributed by atoms with Crippen molar-refractivity contribution in [3.8, 4) is 0 Å². The fourth-order valence-electron chi connectivity index (χ4n) is 4.47. The SMILES string of the molecule is CC(C)OC(=O)CCC/C=C\C[C@H]1[C@@H](O)CC(O)[C@@H]1CC[C@@H](O)CCc1ccccc1. The number of aliphatic hydroxyl groups excluding tert-OH is 3. The Labute approximate surface area is 187 Å². The van der Waals surface area contributed by atoms with E-state index in [0.29, 0.717) is 38.5 Å². The van der Waals surface area contributed by atoms with Gasteiger partial charge in [-0.15, -0.1) is 0 Å². The summed E-state index contributed by atoms with van der Waals surface area (Å²) in [5.74, 6) is -0.144. The van der Waals surface area contributed by atoms with E-state index < -0.39 is 18.3 Å². The van der Waals surface area contributed by atoms with E-state index in [1.807, 2.05) is 38.1 Å². The number of esters is 1. The fraction of sp³-hybridized carbons (Fsp3) is 0.654. The van der Waals surface area contributed by atoms with Gasteiger partial charge in [-0.25, -0.2) is 0 Å². The van der Waals surface area contributed by atoms with Crippen molar-refractivity contribution < 1.29 is 24.9 Å². The highest BCUT2D eigenvalue weighted by atomic mass is 16.5. The van der Waals surface area contributed by atoms with Gasteiger partial charge in [-0.2, -0.15) is 0 Å². The minimum atomic E-state index is -0.513. The Morgan fingerprint density at radius 3 is 2.52 bits per heavy atom. The molecule has 3 N–H and O–H groups in total. The summed E-state index contributed by atoms with van der Waals surface area (Å²) in [5.41, 5.74) is 1.22. The van der Waals surface area contributed by atoms with Crippen LogP contribution in [0.5, 0.6) is 0 Å². The molecule has 2 rings (SSSR count). The second-order valence-electron chi connectivity index (χ2n) is 9.09. The predicted octanol–water partition coefficient (Wildman–Crippen LogP) is 4.19. The zero-order valence-electron chi connectivity index (χ0n) is 19.0. The molecule has 1 saturated carbocycles. The van der Waals surface area contributed by atoms with Gasteiger partial charge in [0.15, 0.2) is 0 Å². The molecule has 0 radical (unpaired) electrons. The second-order valence-corrected chi connectivity index (χ2v) is 9.09. The lowest BCUT2D eigenvalue weighted by Gasteiger charge is -2.23. The summed E-state index contributed by atoms with van der Waals surface area (Å²) in [5, 5.41) is 31.2. The smallest absolute Gasteiger partial charge is 0.306 e. The molecule has 1 aromatic rings. The van der Waals surface area contributed by atoms with Gasteiger partial charge in [0.2, 0.25) is 0 Å². The molecule has 1 unspecified atom stereocenters. The Hall–Kier alpha value is -1.69. The van der Waals surface area contributed by atoms with Gasteiger partial charge in [-0.3, -0.25) is 4.79 Å². The van der Waals surface area contributed by atoms with Gasteiger partial charge in [0.1, 0.15) is 0 Å². The molecule has 0 spiro atoms. The van der Waals surface area contributed by atoms with Gasteiger partial charge in [0.25, 0.3) is 0 Å². The topological polar surface area (TPSA) is 87.0 Å². The van der Waals surface area contributed by atoms with Crippen molar-refractivity contribution in [3.63, 3.8) is 0 Å². The monoisotopic (exact) mass is 432 g/mol. The van der Waals surface area contributed by atoms with E-state index in [1.54, 1.807) is 0 Å². The third kappa shape index (κ3) is 9.55. The van der Waals surface area contributed by atoms with Gasteiger partial charge < -0.3 is 20.1 Å². The van der Waals surface area contributed by atoms with E-state index in [4.69, 9.17) is 4.74 Å². The third-order valence-electron chi connectivity index (χ3n) is 6.16. The van der Waals surface area contributed by atoms with Gasteiger partial charge in [0.05, 0.1) is 24.4 Å². The molecule has 0 saturated heterocycles. The predicted molar refractivity (Wildman–Crippen MR) is 122 cm³/mol. The standard InChI is InChI=1S/C26H40O5/c1-19(2)31-26(30)13-9-4-3-8-12-22-23(25(29)18-24(22)28)17-16-21(27)15-14-20-10-6-5-7-11-20/h3,5-8,10-11,19,21-25,27-29H,4,9,12-18H2,1-2H3/b8-3-/t21-,22+,23+,24-,25?/m0/s1. The molecule has 1 aliphatic carbocycles. The summed E-state index contributed by atoms with van der Waals surface area (Å²) in [6, 6.07) is 10.1. The van der Waals surface area contributed by atoms with Crippen molar-refractivity contribution in [1.29, 1.82) is 0 Å². The van der Waals surface area contributed by atoms with E-state index in [1.165, 1.54) is 5.56 Å². The number of ether oxygens (including phenoxy) is 1. The molecule has 1 aliphatic rings. The third-order valence-corrected chi connectivity index (χ3v) is 6.16. The van der Waals surface area contributed by atoms with Crippen LogP contribution in [0, 0.1) is 11.8 Å². The highest BCUT2D eigenvalue weighted by Crippen LogP contribution is 2.38. The lowest BCUT2D eigenvalue weighted by atomic mass is 9.85. The summed E-state index contributed by atoms with van der Waals surface area (Å²) in [6.45, 7) is 3.69.